The number of nitro groups is 1. The van der Waals surface area contributed by atoms with Gasteiger partial charge in [-0.05, 0) is 18.1 Å². The van der Waals surface area contributed by atoms with E-state index < -0.39 is 4.92 Å². The van der Waals surface area contributed by atoms with Crippen molar-refractivity contribution in [1.29, 1.82) is 0 Å². The van der Waals surface area contributed by atoms with Gasteiger partial charge in [-0.3, -0.25) is 10.1 Å². The van der Waals surface area contributed by atoms with Gasteiger partial charge in [-0.1, -0.05) is 18.2 Å². The Kier molecular flexibility index (Phi) is 3.45. The van der Waals surface area contributed by atoms with Gasteiger partial charge >= 0.3 is 10.1 Å². The molecule has 22 heavy (non-hydrogen) atoms. The minimum atomic E-state index is -0.424. The number of thiazole rings is 1. The first-order valence-corrected chi connectivity index (χ1v) is 7.40. The van der Waals surface area contributed by atoms with Crippen LogP contribution in [0.15, 0.2) is 40.7 Å². The molecule has 0 radical (unpaired) electrons. The molecular formula is C14H14N5O2S+. The van der Waals surface area contributed by atoms with E-state index in [1.165, 1.54) is 6.20 Å². The van der Waals surface area contributed by atoms with Gasteiger partial charge in [0.05, 0.1) is 22.6 Å². The maximum atomic E-state index is 10.8. The second-order valence-corrected chi connectivity index (χ2v) is 5.92. The standard InChI is InChI=1S/C14H14N5O2S/c1-9-13(10-6-4-5-7-11(10)18(9)3)15-16-14-17(2)8-12(22-14)19(20)21/h4-8H,1-3H3/q+1. The normalized spacial score (nSPS) is 11.6. The predicted octanol–water partition coefficient (Wildman–Crippen LogP) is 3.70. The Morgan fingerprint density at radius 1 is 1.32 bits per heavy atom. The van der Waals surface area contributed by atoms with Crippen LogP contribution in [0.5, 0.6) is 0 Å². The zero-order chi connectivity index (χ0) is 15.9. The van der Waals surface area contributed by atoms with Crippen LogP contribution in [0.4, 0.5) is 15.8 Å². The third-order valence-corrected chi connectivity index (χ3v) is 4.60. The summed E-state index contributed by atoms with van der Waals surface area (Å²) >= 11 is 1.00. The first-order valence-electron chi connectivity index (χ1n) is 6.58. The average Bonchev–Trinajstić information content (AvgIpc) is 2.98. The summed E-state index contributed by atoms with van der Waals surface area (Å²) in [4.78, 5) is 10.4. The van der Waals surface area contributed by atoms with Crippen molar-refractivity contribution in [3.05, 3.63) is 46.3 Å². The van der Waals surface area contributed by atoms with Gasteiger partial charge < -0.3 is 4.57 Å². The second-order valence-electron chi connectivity index (χ2n) is 4.93. The van der Waals surface area contributed by atoms with Crippen molar-refractivity contribution in [1.82, 2.24) is 4.57 Å². The van der Waals surface area contributed by atoms with Crippen molar-refractivity contribution in [2.45, 2.75) is 6.92 Å². The van der Waals surface area contributed by atoms with Crippen molar-refractivity contribution < 1.29 is 9.49 Å². The zero-order valence-electron chi connectivity index (χ0n) is 12.3. The van der Waals surface area contributed by atoms with Crippen LogP contribution in [-0.4, -0.2) is 9.49 Å². The molecule has 0 saturated heterocycles. The molecule has 0 unspecified atom stereocenters. The van der Waals surface area contributed by atoms with E-state index >= 15 is 0 Å². The van der Waals surface area contributed by atoms with E-state index in [-0.39, 0.29) is 5.00 Å². The third-order valence-electron chi connectivity index (χ3n) is 3.58. The quantitative estimate of drug-likeness (QED) is 0.320. The van der Waals surface area contributed by atoms with Gasteiger partial charge in [0, 0.05) is 29.5 Å². The number of para-hydroxylation sites is 1. The lowest BCUT2D eigenvalue weighted by atomic mass is 10.2. The predicted molar refractivity (Wildman–Crippen MR) is 84.0 cm³/mol. The molecule has 0 aliphatic heterocycles. The van der Waals surface area contributed by atoms with Gasteiger partial charge in [0.1, 0.15) is 5.69 Å². The Hall–Kier alpha value is -2.61. The van der Waals surface area contributed by atoms with Crippen LogP contribution < -0.4 is 4.57 Å². The van der Waals surface area contributed by atoms with E-state index in [0.717, 1.165) is 33.6 Å². The Labute approximate surface area is 130 Å². The lowest BCUT2D eigenvalue weighted by molar-refractivity contribution is -0.656. The summed E-state index contributed by atoms with van der Waals surface area (Å²) in [6.07, 6.45) is 1.44. The fourth-order valence-electron chi connectivity index (χ4n) is 2.31. The molecule has 0 bridgehead atoms. The number of nitrogens with zero attached hydrogens (tertiary/aromatic N) is 5. The Balaban J connectivity index is 2.07. The molecular weight excluding hydrogens is 302 g/mol. The van der Waals surface area contributed by atoms with E-state index in [4.69, 9.17) is 0 Å². The Bertz CT molecular complexity index is 909. The highest BCUT2D eigenvalue weighted by Crippen LogP contribution is 2.34. The van der Waals surface area contributed by atoms with Gasteiger partial charge in [-0.2, -0.15) is 0 Å². The van der Waals surface area contributed by atoms with Gasteiger partial charge in [-0.15, -0.1) is 0 Å². The number of fused-ring (bicyclic) bond motifs is 1. The van der Waals surface area contributed by atoms with Crippen LogP contribution in [0.25, 0.3) is 10.9 Å². The van der Waals surface area contributed by atoms with Gasteiger partial charge in [-0.25, -0.2) is 4.57 Å². The summed E-state index contributed by atoms with van der Waals surface area (Å²) in [5, 5.41) is 20.9. The Morgan fingerprint density at radius 3 is 2.73 bits per heavy atom. The monoisotopic (exact) mass is 316 g/mol. The molecule has 0 aliphatic rings. The second kappa shape index (κ2) is 5.30. The Morgan fingerprint density at radius 2 is 2.05 bits per heavy atom. The molecule has 3 rings (SSSR count). The highest BCUT2D eigenvalue weighted by atomic mass is 32.1. The topological polar surface area (TPSA) is 76.7 Å². The maximum absolute atomic E-state index is 10.8. The molecule has 0 amide bonds. The number of aromatic nitrogens is 2. The van der Waals surface area contributed by atoms with E-state index in [0.29, 0.717) is 5.13 Å². The summed E-state index contributed by atoms with van der Waals surface area (Å²) in [5.74, 6) is 0. The average molecular weight is 316 g/mol. The van der Waals surface area contributed by atoms with Crippen LogP contribution >= 0.6 is 11.3 Å². The SMILES string of the molecule is Cc1c(N=Nc2sc([N+](=O)[O-])c[n+]2C)c2ccccc2n1C. The zero-order valence-corrected chi connectivity index (χ0v) is 13.2. The summed E-state index contributed by atoms with van der Waals surface area (Å²) in [7, 11) is 3.69. The van der Waals surface area contributed by atoms with Crippen LogP contribution in [0.2, 0.25) is 0 Å². The molecule has 0 spiro atoms. The first kappa shape index (κ1) is 14.3. The van der Waals surface area contributed by atoms with Crippen LogP contribution in [0, 0.1) is 17.0 Å². The minimum Gasteiger partial charge on any atom is -0.346 e. The van der Waals surface area contributed by atoms with Crippen LogP contribution in [0.1, 0.15) is 5.69 Å². The molecule has 0 atom stereocenters. The summed E-state index contributed by atoms with van der Waals surface area (Å²) in [6, 6.07) is 7.95. The molecule has 0 aliphatic carbocycles. The summed E-state index contributed by atoms with van der Waals surface area (Å²) in [6.45, 7) is 1.98. The van der Waals surface area contributed by atoms with Gasteiger partial charge in [0.2, 0.25) is 0 Å². The molecule has 2 aromatic heterocycles. The molecule has 0 saturated carbocycles. The van der Waals surface area contributed by atoms with Crippen molar-refractivity contribution in [3.8, 4) is 0 Å². The van der Waals surface area contributed by atoms with E-state index in [1.807, 2.05) is 38.2 Å². The molecule has 0 N–H and O–H groups in total. The highest BCUT2D eigenvalue weighted by Gasteiger charge is 2.22. The molecule has 8 heteroatoms. The number of hydrogen-bond acceptors (Lipinski definition) is 5. The number of azo groups is 1. The third kappa shape index (κ3) is 2.27. The molecule has 7 nitrogen and oxygen atoms in total. The van der Waals surface area contributed by atoms with Gasteiger partial charge in [0.25, 0.3) is 0 Å². The van der Waals surface area contributed by atoms with Crippen molar-refractivity contribution in [2.75, 3.05) is 0 Å². The van der Waals surface area contributed by atoms with E-state index in [2.05, 4.69) is 14.8 Å². The molecule has 2 heterocycles. The number of aryl methyl sites for hydroxylation is 2. The number of benzene rings is 1. The molecule has 1 aromatic carbocycles. The highest BCUT2D eigenvalue weighted by molar-refractivity contribution is 7.17. The largest absolute Gasteiger partial charge is 0.414 e. The fraction of sp³-hybridized carbons (Fsp3) is 0.214. The lowest BCUT2D eigenvalue weighted by Crippen LogP contribution is -2.23. The number of hydrogen-bond donors (Lipinski definition) is 0. The smallest absolute Gasteiger partial charge is 0.346 e. The van der Waals surface area contributed by atoms with Crippen molar-refractivity contribution >= 4 is 38.1 Å². The first-order chi connectivity index (χ1) is 10.5. The fourth-order valence-corrected chi connectivity index (χ4v) is 3.06. The minimum absolute atomic E-state index is 0.0473. The van der Waals surface area contributed by atoms with Crippen LogP contribution in [0.3, 0.4) is 0 Å². The van der Waals surface area contributed by atoms with E-state index in [1.54, 1.807) is 11.6 Å². The van der Waals surface area contributed by atoms with Crippen LogP contribution in [-0.2, 0) is 14.1 Å². The molecule has 112 valence electrons. The number of rotatable bonds is 3. The maximum Gasteiger partial charge on any atom is 0.414 e. The van der Waals surface area contributed by atoms with Gasteiger partial charge in [0.15, 0.2) is 6.20 Å². The summed E-state index contributed by atoms with van der Waals surface area (Å²) in [5.41, 5.74) is 2.86. The van der Waals surface area contributed by atoms with E-state index in [9.17, 15) is 10.1 Å². The van der Waals surface area contributed by atoms with Crippen molar-refractivity contribution in [3.63, 3.8) is 0 Å². The summed E-state index contributed by atoms with van der Waals surface area (Å²) < 4.78 is 3.66. The molecule has 0 fully saturated rings. The van der Waals surface area contributed by atoms with Crippen molar-refractivity contribution in [2.24, 2.45) is 24.3 Å². The molecule has 3 aromatic rings. The lowest BCUT2D eigenvalue weighted by Gasteiger charge is -1.96.